The van der Waals surface area contributed by atoms with Crippen molar-refractivity contribution in [1.29, 1.82) is 0 Å². The second-order valence-electron chi connectivity index (χ2n) is 7.44. The first-order valence-electron chi connectivity index (χ1n) is 10.1. The fraction of sp³-hybridized carbons (Fsp3) is 0.571. The molecular weight excluding hydrogens is 356 g/mol. The van der Waals surface area contributed by atoms with Crippen molar-refractivity contribution < 1.29 is 4.74 Å². The molecule has 1 unspecified atom stereocenters. The molecule has 2 saturated heterocycles. The lowest BCUT2D eigenvalue weighted by molar-refractivity contribution is 0.139. The maximum Gasteiger partial charge on any atom is 0.194 e. The van der Waals surface area contributed by atoms with Crippen LogP contribution in [-0.4, -0.2) is 68.2 Å². The van der Waals surface area contributed by atoms with Crippen LogP contribution in [0.25, 0.3) is 10.1 Å². The molecule has 1 aromatic carbocycles. The van der Waals surface area contributed by atoms with Crippen molar-refractivity contribution in [3.8, 4) is 0 Å². The van der Waals surface area contributed by atoms with E-state index in [-0.39, 0.29) is 0 Å². The third kappa shape index (κ3) is 4.62. The first-order valence-corrected chi connectivity index (χ1v) is 11.0. The van der Waals surface area contributed by atoms with Gasteiger partial charge in [0.2, 0.25) is 0 Å². The summed E-state index contributed by atoms with van der Waals surface area (Å²) >= 11 is 1.81. The highest BCUT2D eigenvalue weighted by Crippen LogP contribution is 2.26. The van der Waals surface area contributed by atoms with Crippen LogP contribution in [0.4, 0.5) is 0 Å². The van der Waals surface area contributed by atoms with Crippen molar-refractivity contribution in [2.75, 3.05) is 52.5 Å². The van der Waals surface area contributed by atoms with E-state index in [9.17, 15) is 0 Å². The van der Waals surface area contributed by atoms with Gasteiger partial charge in [0.25, 0.3) is 0 Å². The summed E-state index contributed by atoms with van der Waals surface area (Å²) in [6, 6.07) is 8.61. The summed E-state index contributed by atoms with van der Waals surface area (Å²) in [5.41, 5.74) is 1.32. The van der Waals surface area contributed by atoms with Gasteiger partial charge in [-0.05, 0) is 41.7 Å². The van der Waals surface area contributed by atoms with Crippen LogP contribution >= 0.6 is 11.3 Å². The van der Waals surface area contributed by atoms with Crippen molar-refractivity contribution in [2.24, 2.45) is 10.9 Å². The summed E-state index contributed by atoms with van der Waals surface area (Å²) in [7, 11) is 0. The van der Waals surface area contributed by atoms with E-state index in [0.29, 0.717) is 0 Å². The number of hydrogen-bond donors (Lipinski definition) is 1. The van der Waals surface area contributed by atoms with E-state index in [2.05, 4.69) is 51.7 Å². The molecule has 27 heavy (non-hydrogen) atoms. The lowest BCUT2D eigenvalue weighted by Crippen LogP contribution is -2.53. The van der Waals surface area contributed by atoms with Crippen molar-refractivity contribution in [1.82, 2.24) is 15.1 Å². The smallest absolute Gasteiger partial charge is 0.194 e. The molecule has 3 heterocycles. The zero-order valence-electron chi connectivity index (χ0n) is 16.2. The van der Waals surface area contributed by atoms with E-state index in [1.165, 1.54) is 28.6 Å². The number of piperazine rings is 1. The number of ether oxygens (including phenoxy) is 1. The normalized spacial score (nSPS) is 21.9. The maximum atomic E-state index is 5.52. The van der Waals surface area contributed by atoms with Gasteiger partial charge in [-0.25, -0.2) is 4.99 Å². The number of nitrogens with one attached hydrogen (secondary N) is 1. The van der Waals surface area contributed by atoms with Crippen LogP contribution in [-0.2, 0) is 11.3 Å². The molecule has 6 heteroatoms. The van der Waals surface area contributed by atoms with E-state index < -0.39 is 0 Å². The Morgan fingerprint density at radius 1 is 1.26 bits per heavy atom. The lowest BCUT2D eigenvalue weighted by Gasteiger charge is -2.37. The SMILES string of the molecule is CCNC(=NCc1csc2ccccc12)N1CCN(CC2CCOC2)CC1. The van der Waals surface area contributed by atoms with Gasteiger partial charge in [-0.2, -0.15) is 0 Å². The van der Waals surface area contributed by atoms with E-state index in [0.717, 1.165) is 64.4 Å². The molecule has 4 rings (SSSR count). The van der Waals surface area contributed by atoms with Crippen molar-refractivity contribution >= 4 is 27.4 Å². The van der Waals surface area contributed by atoms with Crippen LogP contribution in [0.15, 0.2) is 34.6 Å². The minimum Gasteiger partial charge on any atom is -0.381 e. The molecule has 0 spiro atoms. The highest BCUT2D eigenvalue weighted by molar-refractivity contribution is 7.17. The van der Waals surface area contributed by atoms with Crippen LogP contribution < -0.4 is 5.32 Å². The van der Waals surface area contributed by atoms with Crippen molar-refractivity contribution in [3.05, 3.63) is 35.2 Å². The fourth-order valence-corrected chi connectivity index (χ4v) is 4.93. The average Bonchev–Trinajstić information content (AvgIpc) is 3.36. The third-order valence-electron chi connectivity index (χ3n) is 5.51. The first kappa shape index (κ1) is 18.7. The van der Waals surface area contributed by atoms with Gasteiger partial charge in [-0.15, -0.1) is 11.3 Å². The molecule has 0 bridgehead atoms. The highest BCUT2D eigenvalue weighted by Gasteiger charge is 2.24. The van der Waals surface area contributed by atoms with E-state index in [1.807, 2.05) is 11.3 Å². The maximum absolute atomic E-state index is 5.52. The van der Waals surface area contributed by atoms with Crippen LogP contribution in [0, 0.1) is 5.92 Å². The van der Waals surface area contributed by atoms with Crippen LogP contribution in [0.2, 0.25) is 0 Å². The predicted octanol–water partition coefficient (Wildman–Crippen LogP) is 3.02. The van der Waals surface area contributed by atoms with Crippen LogP contribution in [0.3, 0.4) is 0 Å². The Labute approximate surface area is 166 Å². The summed E-state index contributed by atoms with van der Waals surface area (Å²) in [6.07, 6.45) is 1.22. The molecule has 2 aliphatic rings. The van der Waals surface area contributed by atoms with Crippen molar-refractivity contribution in [2.45, 2.75) is 19.9 Å². The molecular formula is C21H30N4OS. The second kappa shape index (κ2) is 9.04. The highest BCUT2D eigenvalue weighted by atomic mass is 32.1. The quantitative estimate of drug-likeness (QED) is 0.633. The summed E-state index contributed by atoms with van der Waals surface area (Å²) in [5, 5.41) is 7.08. The molecule has 5 nitrogen and oxygen atoms in total. The van der Waals surface area contributed by atoms with Gasteiger partial charge in [0.05, 0.1) is 13.2 Å². The zero-order chi connectivity index (χ0) is 18.5. The number of thiophene rings is 1. The third-order valence-corrected chi connectivity index (χ3v) is 6.52. The van der Waals surface area contributed by atoms with Gasteiger partial charge in [0.1, 0.15) is 0 Å². The number of aliphatic imine (C=N–C) groups is 1. The number of fused-ring (bicyclic) bond motifs is 1. The predicted molar refractivity (Wildman–Crippen MR) is 114 cm³/mol. The fourth-order valence-electron chi connectivity index (χ4n) is 3.98. The van der Waals surface area contributed by atoms with Gasteiger partial charge in [0, 0.05) is 50.6 Å². The molecule has 2 aromatic rings. The minimum absolute atomic E-state index is 0.727. The van der Waals surface area contributed by atoms with E-state index >= 15 is 0 Å². The zero-order valence-corrected chi connectivity index (χ0v) is 17.0. The molecule has 0 aliphatic carbocycles. The van der Waals surface area contributed by atoms with Gasteiger partial charge >= 0.3 is 0 Å². The molecule has 2 fully saturated rings. The number of guanidine groups is 1. The van der Waals surface area contributed by atoms with Crippen molar-refractivity contribution in [3.63, 3.8) is 0 Å². The standard InChI is InChI=1S/C21H30N4OS/c1-2-22-21(23-13-18-16-27-20-6-4-3-5-19(18)20)25-10-8-24(9-11-25)14-17-7-12-26-15-17/h3-6,16-17H,2,7-15H2,1H3,(H,22,23). The molecule has 1 N–H and O–H groups in total. The average molecular weight is 387 g/mol. The largest absolute Gasteiger partial charge is 0.381 e. The van der Waals surface area contributed by atoms with Gasteiger partial charge in [-0.3, -0.25) is 4.90 Å². The lowest BCUT2D eigenvalue weighted by atomic mass is 10.1. The Bertz CT molecular complexity index is 760. The summed E-state index contributed by atoms with van der Waals surface area (Å²) in [6.45, 7) is 11.2. The van der Waals surface area contributed by atoms with Gasteiger partial charge < -0.3 is 15.0 Å². The topological polar surface area (TPSA) is 40.1 Å². The number of benzene rings is 1. The molecule has 2 aliphatic heterocycles. The molecule has 146 valence electrons. The van der Waals surface area contributed by atoms with Crippen LogP contribution in [0.5, 0.6) is 0 Å². The molecule has 0 radical (unpaired) electrons. The molecule has 1 aromatic heterocycles. The minimum atomic E-state index is 0.727. The number of hydrogen-bond acceptors (Lipinski definition) is 4. The van der Waals surface area contributed by atoms with Gasteiger partial charge in [-0.1, -0.05) is 18.2 Å². The number of rotatable bonds is 5. The second-order valence-corrected chi connectivity index (χ2v) is 8.36. The Kier molecular flexibility index (Phi) is 6.27. The Hall–Kier alpha value is -1.63. The Morgan fingerprint density at radius 2 is 2.11 bits per heavy atom. The van der Waals surface area contributed by atoms with E-state index in [1.54, 1.807) is 0 Å². The summed E-state index contributed by atoms with van der Waals surface area (Å²) in [5.74, 6) is 1.78. The van der Waals surface area contributed by atoms with Gasteiger partial charge in [0.15, 0.2) is 5.96 Å². The molecule has 0 saturated carbocycles. The Morgan fingerprint density at radius 3 is 2.89 bits per heavy atom. The summed E-state index contributed by atoms with van der Waals surface area (Å²) < 4.78 is 6.87. The summed E-state index contributed by atoms with van der Waals surface area (Å²) in [4.78, 5) is 9.96. The first-order chi connectivity index (χ1) is 13.3. The monoisotopic (exact) mass is 386 g/mol. The molecule has 1 atom stereocenters. The Balaban J connectivity index is 1.36. The van der Waals surface area contributed by atoms with Crippen LogP contribution in [0.1, 0.15) is 18.9 Å². The molecule has 0 amide bonds. The van der Waals surface area contributed by atoms with E-state index in [4.69, 9.17) is 9.73 Å². The number of nitrogens with zero attached hydrogens (tertiary/aromatic N) is 3.